The molecule has 0 aromatic rings. The third kappa shape index (κ3) is 2.96. The largest absolute Gasteiger partial charge is 0.461 e. The predicted molar refractivity (Wildman–Crippen MR) is 95.1 cm³/mol. The molecule has 1 unspecified atom stereocenters. The summed E-state index contributed by atoms with van der Waals surface area (Å²) >= 11 is 0. The van der Waals surface area contributed by atoms with Crippen LogP contribution in [0.15, 0.2) is 22.8 Å². The van der Waals surface area contributed by atoms with Crippen LogP contribution < -0.4 is 0 Å². The van der Waals surface area contributed by atoms with Gasteiger partial charge < -0.3 is 14.2 Å². The summed E-state index contributed by atoms with van der Waals surface area (Å²) in [7, 11) is 0. The maximum absolute atomic E-state index is 12.6. The Morgan fingerprint density at radius 2 is 2.04 bits per heavy atom. The molecule has 28 heavy (non-hydrogen) atoms. The monoisotopic (exact) mass is 382 g/mol. The molecule has 0 aromatic carbocycles. The quantitative estimate of drug-likeness (QED) is 0.674. The van der Waals surface area contributed by atoms with Gasteiger partial charge in [-0.05, 0) is 29.4 Å². The second kappa shape index (κ2) is 6.84. The van der Waals surface area contributed by atoms with Crippen molar-refractivity contribution in [2.24, 2.45) is 17.3 Å². The van der Waals surface area contributed by atoms with E-state index in [4.69, 9.17) is 14.2 Å². The Morgan fingerprint density at radius 3 is 2.68 bits per heavy atom. The minimum atomic E-state index is -1.23. The van der Waals surface area contributed by atoms with E-state index in [1.165, 1.54) is 6.92 Å². The van der Waals surface area contributed by atoms with Gasteiger partial charge in [0.2, 0.25) is 0 Å². The summed E-state index contributed by atoms with van der Waals surface area (Å²) in [6.07, 6.45) is 4.33. The average Bonchev–Trinajstić information content (AvgIpc) is 3.19. The fraction of sp³-hybridized carbons (Fsp3) is 0.619. The summed E-state index contributed by atoms with van der Waals surface area (Å²) in [6, 6.07) is 4.54. The van der Waals surface area contributed by atoms with Crippen molar-refractivity contribution in [3.63, 3.8) is 0 Å². The molecule has 7 heteroatoms. The lowest BCUT2D eigenvalue weighted by atomic mass is 9.62. The number of carbonyl (C=O) groups is 2. The highest BCUT2D eigenvalue weighted by atomic mass is 16.7. The van der Waals surface area contributed by atoms with Gasteiger partial charge in [-0.1, -0.05) is 6.08 Å². The van der Waals surface area contributed by atoms with Gasteiger partial charge in [0.05, 0.1) is 25.4 Å². The second-order valence-electron chi connectivity index (χ2n) is 8.02. The first-order valence-electron chi connectivity index (χ1n) is 9.62. The highest BCUT2D eigenvalue weighted by Crippen LogP contribution is 2.55. The van der Waals surface area contributed by atoms with E-state index in [0.717, 1.165) is 5.57 Å². The van der Waals surface area contributed by atoms with E-state index < -0.39 is 17.2 Å². The number of hydrogen-bond acceptors (Lipinski definition) is 7. The Bertz CT molecular complexity index is 852. The Kier molecular flexibility index (Phi) is 4.61. The summed E-state index contributed by atoms with van der Waals surface area (Å²) in [4.78, 5) is 23.8. The van der Waals surface area contributed by atoms with Crippen LogP contribution in [0.4, 0.5) is 0 Å². The van der Waals surface area contributed by atoms with Gasteiger partial charge in [-0.2, -0.15) is 10.5 Å². The number of nitrogens with zero attached hydrogens (tertiary/aromatic N) is 2. The van der Waals surface area contributed by atoms with Gasteiger partial charge in [-0.15, -0.1) is 0 Å². The third-order valence-electron chi connectivity index (χ3n) is 6.48. The molecule has 2 fully saturated rings. The lowest BCUT2D eigenvalue weighted by molar-refractivity contribution is -0.194. The smallest absolute Gasteiger partial charge is 0.302 e. The van der Waals surface area contributed by atoms with E-state index in [9.17, 15) is 20.1 Å². The molecule has 0 aromatic heterocycles. The molecule has 1 saturated carbocycles. The number of carbonyl (C=O) groups excluding carboxylic acids is 2. The normalized spacial score (nSPS) is 30.0. The van der Waals surface area contributed by atoms with Gasteiger partial charge in [0.25, 0.3) is 0 Å². The molecule has 4 rings (SSSR count). The first-order valence-corrected chi connectivity index (χ1v) is 9.62. The topological polar surface area (TPSA) is 109 Å². The zero-order valence-electron chi connectivity index (χ0n) is 15.8. The fourth-order valence-electron chi connectivity index (χ4n) is 5.15. The van der Waals surface area contributed by atoms with Gasteiger partial charge in [-0.25, -0.2) is 0 Å². The molecule has 0 radical (unpaired) electrons. The maximum atomic E-state index is 12.6. The van der Waals surface area contributed by atoms with Crippen molar-refractivity contribution in [3.8, 4) is 12.1 Å². The highest BCUT2D eigenvalue weighted by Gasteiger charge is 2.54. The van der Waals surface area contributed by atoms with Gasteiger partial charge >= 0.3 is 5.97 Å². The molecule has 1 spiro atoms. The molecule has 3 aliphatic carbocycles. The Morgan fingerprint density at radius 1 is 1.32 bits per heavy atom. The summed E-state index contributed by atoms with van der Waals surface area (Å²) < 4.78 is 16.8. The van der Waals surface area contributed by atoms with E-state index >= 15 is 0 Å². The lowest BCUT2D eigenvalue weighted by Crippen LogP contribution is -2.44. The van der Waals surface area contributed by atoms with Gasteiger partial charge in [0.15, 0.2) is 17.0 Å². The van der Waals surface area contributed by atoms with E-state index in [-0.39, 0.29) is 37.1 Å². The fourth-order valence-corrected chi connectivity index (χ4v) is 5.15. The number of Topliss-reactive ketones (excluding diaryl/α,β-unsaturated/α-hetero) is 1. The Labute approximate surface area is 163 Å². The number of rotatable bonds is 2. The van der Waals surface area contributed by atoms with Crippen LogP contribution in [0.1, 0.15) is 39.0 Å². The molecular weight excluding hydrogens is 360 g/mol. The number of ketones is 1. The number of fused-ring (bicyclic) bond motifs is 2. The maximum Gasteiger partial charge on any atom is 0.302 e. The second-order valence-corrected chi connectivity index (χ2v) is 8.02. The minimum absolute atomic E-state index is 0.0838. The molecule has 7 nitrogen and oxygen atoms in total. The number of nitriles is 2. The standard InChI is InChI=1S/C21H22N2O5/c1-13(24)26-10-17-16-9-20(11-22,12-23)18-2-3-21(27-4-5-28-21)8-15(18)6-14(16)7-19(17)25/h6,15,18H,2-5,7-10H2,1H3/t15-,18?/m1/s1. The van der Waals surface area contributed by atoms with Crippen LogP contribution >= 0.6 is 0 Å². The molecule has 0 bridgehead atoms. The van der Waals surface area contributed by atoms with Crippen LogP contribution in [0, 0.1) is 39.9 Å². The lowest BCUT2D eigenvalue weighted by Gasteiger charge is -2.43. The Balaban J connectivity index is 1.76. The van der Waals surface area contributed by atoms with Crippen LogP contribution in [-0.4, -0.2) is 37.4 Å². The van der Waals surface area contributed by atoms with E-state index in [1.807, 2.05) is 6.08 Å². The first kappa shape index (κ1) is 18.9. The van der Waals surface area contributed by atoms with E-state index in [2.05, 4.69) is 12.1 Å². The highest BCUT2D eigenvalue weighted by molar-refractivity contribution is 6.03. The average molecular weight is 382 g/mol. The molecule has 0 N–H and O–H groups in total. The molecule has 1 heterocycles. The summed E-state index contributed by atoms with van der Waals surface area (Å²) in [5, 5.41) is 20.0. The number of allylic oxidation sites excluding steroid dienone is 3. The SMILES string of the molecule is CC(=O)OCC1=C2CC(C#N)(C#N)C3CCC4(C[C@H]3C=C2CC1=O)OCCO4. The van der Waals surface area contributed by atoms with Crippen molar-refractivity contribution < 1.29 is 23.8 Å². The van der Waals surface area contributed by atoms with Crippen molar-refractivity contribution >= 4 is 11.8 Å². The van der Waals surface area contributed by atoms with Crippen LogP contribution in [0.2, 0.25) is 0 Å². The minimum Gasteiger partial charge on any atom is -0.461 e. The van der Waals surface area contributed by atoms with E-state index in [1.54, 1.807) is 0 Å². The van der Waals surface area contributed by atoms with Gasteiger partial charge in [0, 0.05) is 38.2 Å². The zero-order valence-corrected chi connectivity index (χ0v) is 15.8. The van der Waals surface area contributed by atoms with Gasteiger partial charge in [-0.3, -0.25) is 9.59 Å². The molecular formula is C21H22N2O5. The van der Waals surface area contributed by atoms with Gasteiger partial charge in [0.1, 0.15) is 6.61 Å². The van der Waals surface area contributed by atoms with Crippen molar-refractivity contribution in [2.75, 3.05) is 19.8 Å². The number of esters is 1. The summed E-state index contributed by atoms with van der Waals surface area (Å²) in [5.41, 5.74) is 0.735. The van der Waals surface area contributed by atoms with E-state index in [0.29, 0.717) is 43.6 Å². The van der Waals surface area contributed by atoms with Crippen molar-refractivity contribution in [1.82, 2.24) is 0 Å². The molecule has 4 aliphatic rings. The number of hydrogen-bond donors (Lipinski definition) is 0. The first-order chi connectivity index (χ1) is 13.4. The summed E-state index contributed by atoms with van der Waals surface area (Å²) in [5.74, 6) is -1.46. The van der Waals surface area contributed by atoms with Crippen LogP contribution in [0.5, 0.6) is 0 Å². The van der Waals surface area contributed by atoms with Crippen LogP contribution in [0.25, 0.3) is 0 Å². The zero-order chi connectivity index (χ0) is 19.9. The van der Waals surface area contributed by atoms with Crippen LogP contribution in [0.3, 0.4) is 0 Å². The van der Waals surface area contributed by atoms with Crippen LogP contribution in [-0.2, 0) is 23.8 Å². The molecule has 1 aliphatic heterocycles. The van der Waals surface area contributed by atoms with Crippen molar-refractivity contribution in [1.29, 1.82) is 10.5 Å². The number of ether oxygens (including phenoxy) is 3. The predicted octanol–water partition coefficient (Wildman–Crippen LogP) is 2.34. The third-order valence-corrected chi connectivity index (χ3v) is 6.48. The van der Waals surface area contributed by atoms with Crippen molar-refractivity contribution in [3.05, 3.63) is 22.8 Å². The Hall–Kier alpha value is -2.48. The molecule has 1 saturated heterocycles. The molecule has 0 amide bonds. The summed E-state index contributed by atoms with van der Waals surface area (Å²) in [6.45, 7) is 2.27. The molecule has 2 atom stereocenters. The molecule has 146 valence electrons. The van der Waals surface area contributed by atoms with Crippen molar-refractivity contribution in [2.45, 2.75) is 44.8 Å².